The molecule has 0 aromatic heterocycles. The van der Waals surface area contributed by atoms with Crippen LogP contribution in [-0.2, 0) is 0 Å². The van der Waals surface area contributed by atoms with E-state index < -0.39 is 4.92 Å². The number of nitro groups is 1. The zero-order valence-electron chi connectivity index (χ0n) is 8.06. The summed E-state index contributed by atoms with van der Waals surface area (Å²) in [6.07, 6.45) is 0. The standard InChI is InChI=1S/C10H9NO3S/c1-14-10-5-4-8(3-2-6-15)7-9(10)11(12)13/h4-5,7,15H,6H2,1H3. The van der Waals surface area contributed by atoms with Crippen LogP contribution in [-0.4, -0.2) is 17.8 Å². The molecule has 0 atom stereocenters. The molecule has 0 bridgehead atoms. The molecule has 0 saturated heterocycles. The summed E-state index contributed by atoms with van der Waals surface area (Å²) in [5, 5.41) is 10.7. The third-order valence-electron chi connectivity index (χ3n) is 1.69. The molecular formula is C10H9NO3S. The van der Waals surface area contributed by atoms with Crippen LogP contribution in [0.3, 0.4) is 0 Å². The second-order valence-corrected chi connectivity index (χ2v) is 2.92. The van der Waals surface area contributed by atoms with Gasteiger partial charge in [-0.1, -0.05) is 11.8 Å². The fraction of sp³-hybridized carbons (Fsp3) is 0.200. The van der Waals surface area contributed by atoms with Crippen LogP contribution in [0.25, 0.3) is 0 Å². The highest BCUT2D eigenvalue weighted by atomic mass is 32.1. The van der Waals surface area contributed by atoms with Gasteiger partial charge in [-0.3, -0.25) is 10.1 Å². The minimum Gasteiger partial charge on any atom is -0.490 e. The number of nitro benzene ring substituents is 1. The van der Waals surface area contributed by atoms with Gasteiger partial charge in [0.15, 0.2) is 5.75 Å². The minimum atomic E-state index is -0.495. The van der Waals surface area contributed by atoms with Crippen LogP contribution in [0.4, 0.5) is 5.69 Å². The first kappa shape index (κ1) is 11.4. The summed E-state index contributed by atoms with van der Waals surface area (Å²) in [7, 11) is 1.39. The van der Waals surface area contributed by atoms with Gasteiger partial charge in [0.2, 0.25) is 0 Å². The second kappa shape index (κ2) is 5.27. The van der Waals surface area contributed by atoms with Crippen molar-refractivity contribution in [2.24, 2.45) is 0 Å². The van der Waals surface area contributed by atoms with Gasteiger partial charge in [-0.05, 0) is 12.1 Å². The number of hydrogen-bond acceptors (Lipinski definition) is 4. The van der Waals surface area contributed by atoms with Gasteiger partial charge in [0, 0.05) is 11.6 Å². The Kier molecular flexibility index (Phi) is 4.01. The molecule has 0 aliphatic carbocycles. The van der Waals surface area contributed by atoms with Crippen molar-refractivity contribution in [3.05, 3.63) is 33.9 Å². The maximum atomic E-state index is 10.7. The summed E-state index contributed by atoms with van der Waals surface area (Å²) in [5.41, 5.74) is 0.500. The molecule has 0 fully saturated rings. The van der Waals surface area contributed by atoms with Crippen molar-refractivity contribution in [1.82, 2.24) is 0 Å². The Bertz CT molecular complexity index is 434. The maximum absolute atomic E-state index is 10.7. The summed E-state index contributed by atoms with van der Waals surface area (Å²) >= 11 is 3.92. The Morgan fingerprint density at radius 3 is 2.87 bits per heavy atom. The zero-order valence-corrected chi connectivity index (χ0v) is 8.95. The topological polar surface area (TPSA) is 52.4 Å². The van der Waals surface area contributed by atoms with E-state index in [0.717, 1.165) is 0 Å². The quantitative estimate of drug-likeness (QED) is 0.360. The van der Waals surface area contributed by atoms with Crippen molar-refractivity contribution in [2.45, 2.75) is 0 Å². The van der Waals surface area contributed by atoms with Crippen LogP contribution in [0.15, 0.2) is 18.2 Å². The molecule has 0 saturated carbocycles. The number of rotatable bonds is 2. The summed E-state index contributed by atoms with van der Waals surface area (Å²) in [6.45, 7) is 0. The SMILES string of the molecule is COc1ccc(C#CCS)cc1[N+](=O)[O-]. The van der Waals surface area contributed by atoms with Gasteiger partial charge < -0.3 is 4.74 Å². The predicted molar refractivity (Wildman–Crippen MR) is 60.4 cm³/mol. The van der Waals surface area contributed by atoms with Crippen molar-refractivity contribution in [3.63, 3.8) is 0 Å². The molecule has 1 aromatic rings. The van der Waals surface area contributed by atoms with Crippen molar-refractivity contribution in [2.75, 3.05) is 12.9 Å². The van der Waals surface area contributed by atoms with Crippen LogP contribution in [0.5, 0.6) is 5.75 Å². The van der Waals surface area contributed by atoms with Crippen LogP contribution >= 0.6 is 12.6 Å². The third kappa shape index (κ3) is 2.89. The summed E-state index contributed by atoms with van der Waals surface area (Å²) in [5.74, 6) is 6.12. The first-order valence-corrected chi connectivity index (χ1v) is 4.74. The average molecular weight is 223 g/mol. The molecule has 0 amide bonds. The van der Waals surface area contributed by atoms with Crippen LogP contribution in [0, 0.1) is 22.0 Å². The largest absolute Gasteiger partial charge is 0.490 e. The van der Waals surface area contributed by atoms with Gasteiger partial charge in [0.25, 0.3) is 0 Å². The molecule has 0 unspecified atom stereocenters. The van der Waals surface area contributed by atoms with E-state index in [4.69, 9.17) is 4.74 Å². The Morgan fingerprint density at radius 2 is 2.33 bits per heavy atom. The summed E-state index contributed by atoms with van der Waals surface area (Å²) in [6, 6.07) is 4.58. The van der Waals surface area contributed by atoms with E-state index in [0.29, 0.717) is 11.3 Å². The Balaban J connectivity index is 3.16. The lowest BCUT2D eigenvalue weighted by atomic mass is 10.2. The van der Waals surface area contributed by atoms with Gasteiger partial charge in [0.05, 0.1) is 17.8 Å². The number of benzene rings is 1. The van der Waals surface area contributed by atoms with Gasteiger partial charge >= 0.3 is 5.69 Å². The summed E-state index contributed by atoms with van der Waals surface area (Å²) < 4.78 is 4.86. The average Bonchev–Trinajstić information content (AvgIpc) is 2.25. The highest BCUT2D eigenvalue weighted by Gasteiger charge is 2.14. The molecule has 0 aliphatic heterocycles. The Morgan fingerprint density at radius 1 is 1.60 bits per heavy atom. The Hall–Kier alpha value is -1.67. The fourth-order valence-corrected chi connectivity index (χ4v) is 1.13. The molecule has 1 aromatic carbocycles. The maximum Gasteiger partial charge on any atom is 0.312 e. The van der Waals surface area contributed by atoms with Gasteiger partial charge in [0.1, 0.15) is 0 Å². The number of hydrogen-bond donors (Lipinski definition) is 1. The lowest BCUT2D eigenvalue weighted by Gasteiger charge is -2.00. The molecule has 0 aliphatic rings. The molecule has 0 spiro atoms. The molecule has 0 radical (unpaired) electrons. The number of nitrogens with zero attached hydrogens (tertiary/aromatic N) is 1. The molecule has 1 rings (SSSR count). The highest BCUT2D eigenvalue weighted by molar-refractivity contribution is 7.80. The van der Waals surface area contributed by atoms with E-state index >= 15 is 0 Å². The molecule has 78 valence electrons. The highest BCUT2D eigenvalue weighted by Crippen LogP contribution is 2.26. The van der Waals surface area contributed by atoms with Crippen molar-refractivity contribution >= 4 is 18.3 Å². The van der Waals surface area contributed by atoms with Crippen molar-refractivity contribution in [3.8, 4) is 17.6 Å². The van der Waals surface area contributed by atoms with E-state index in [1.165, 1.54) is 19.2 Å². The van der Waals surface area contributed by atoms with Crippen molar-refractivity contribution in [1.29, 1.82) is 0 Å². The van der Waals surface area contributed by atoms with Crippen LogP contribution in [0.2, 0.25) is 0 Å². The fourth-order valence-electron chi connectivity index (χ4n) is 1.05. The molecule has 15 heavy (non-hydrogen) atoms. The van der Waals surface area contributed by atoms with E-state index in [1.54, 1.807) is 6.07 Å². The van der Waals surface area contributed by atoms with Crippen LogP contribution in [0.1, 0.15) is 5.56 Å². The minimum absolute atomic E-state index is 0.0801. The number of methoxy groups -OCH3 is 1. The number of ether oxygens (including phenoxy) is 1. The van der Waals surface area contributed by atoms with E-state index in [1.807, 2.05) is 0 Å². The first-order valence-electron chi connectivity index (χ1n) is 4.11. The van der Waals surface area contributed by atoms with E-state index in [9.17, 15) is 10.1 Å². The smallest absolute Gasteiger partial charge is 0.312 e. The summed E-state index contributed by atoms with van der Waals surface area (Å²) in [4.78, 5) is 10.2. The lowest BCUT2D eigenvalue weighted by molar-refractivity contribution is -0.385. The molecular weight excluding hydrogens is 214 g/mol. The molecule has 0 heterocycles. The van der Waals surface area contributed by atoms with Gasteiger partial charge in [-0.15, -0.1) is 0 Å². The Labute approximate surface area is 92.8 Å². The molecule has 4 nitrogen and oxygen atoms in total. The third-order valence-corrected chi connectivity index (χ3v) is 1.85. The van der Waals surface area contributed by atoms with Crippen LogP contribution < -0.4 is 4.74 Å². The lowest BCUT2D eigenvalue weighted by Crippen LogP contribution is -1.94. The van der Waals surface area contributed by atoms with Crippen molar-refractivity contribution < 1.29 is 9.66 Å². The second-order valence-electron chi connectivity index (χ2n) is 2.60. The van der Waals surface area contributed by atoms with E-state index in [-0.39, 0.29) is 11.4 Å². The zero-order chi connectivity index (χ0) is 11.3. The molecule has 5 heteroatoms. The van der Waals surface area contributed by atoms with Gasteiger partial charge in [-0.2, -0.15) is 12.6 Å². The first-order chi connectivity index (χ1) is 7.19. The monoisotopic (exact) mass is 223 g/mol. The number of thiol groups is 1. The normalized spacial score (nSPS) is 8.93. The van der Waals surface area contributed by atoms with E-state index in [2.05, 4.69) is 24.5 Å². The van der Waals surface area contributed by atoms with Gasteiger partial charge in [-0.25, -0.2) is 0 Å². The molecule has 0 N–H and O–H groups in total. The predicted octanol–water partition coefficient (Wildman–Crippen LogP) is 1.88.